The van der Waals surface area contributed by atoms with E-state index in [1.165, 1.54) is 4.90 Å². The van der Waals surface area contributed by atoms with Gasteiger partial charge in [0, 0.05) is 20.1 Å². The summed E-state index contributed by atoms with van der Waals surface area (Å²) in [4.78, 5) is 13.3. The number of hydrogen-bond acceptors (Lipinski definition) is 4. The van der Waals surface area contributed by atoms with Crippen molar-refractivity contribution in [3.8, 4) is 0 Å². The lowest BCUT2D eigenvalue weighted by Gasteiger charge is -2.15. The molecule has 1 N–H and O–H groups in total. The smallest absolute Gasteiger partial charge is 0.236 e. The van der Waals surface area contributed by atoms with Crippen LogP contribution in [-0.2, 0) is 14.6 Å². The standard InChI is InChI=1S/C12H16N2O3S/c1-14(2)12(15)7-13-10-8-18(16,17)11-6-4-3-5-9(10)11/h3-6,10,13H,7-8H2,1-2H3. The number of amides is 1. The van der Waals surface area contributed by atoms with Crippen molar-refractivity contribution in [3.05, 3.63) is 29.8 Å². The number of sulfone groups is 1. The number of nitrogens with zero attached hydrogens (tertiary/aromatic N) is 1. The summed E-state index contributed by atoms with van der Waals surface area (Å²) in [6.45, 7) is 0.140. The van der Waals surface area contributed by atoms with Gasteiger partial charge in [-0.3, -0.25) is 4.79 Å². The molecule has 1 heterocycles. The van der Waals surface area contributed by atoms with Gasteiger partial charge in [-0.25, -0.2) is 8.42 Å². The first-order valence-electron chi connectivity index (χ1n) is 5.67. The average molecular weight is 268 g/mol. The van der Waals surface area contributed by atoms with Gasteiger partial charge < -0.3 is 10.2 Å². The fraction of sp³-hybridized carbons (Fsp3) is 0.417. The van der Waals surface area contributed by atoms with Crippen LogP contribution in [0, 0.1) is 0 Å². The lowest BCUT2D eigenvalue weighted by atomic mass is 10.1. The highest BCUT2D eigenvalue weighted by atomic mass is 32.2. The van der Waals surface area contributed by atoms with E-state index in [0.717, 1.165) is 5.56 Å². The van der Waals surface area contributed by atoms with Crippen LogP contribution in [0.15, 0.2) is 29.2 Å². The molecule has 0 fully saturated rings. The fourth-order valence-corrected chi connectivity index (χ4v) is 3.76. The Hall–Kier alpha value is -1.40. The van der Waals surface area contributed by atoms with Crippen LogP contribution in [0.1, 0.15) is 11.6 Å². The largest absolute Gasteiger partial charge is 0.348 e. The molecule has 1 amide bonds. The molecule has 1 aliphatic heterocycles. The molecule has 0 bridgehead atoms. The number of carbonyl (C=O) groups is 1. The Morgan fingerprint density at radius 1 is 1.39 bits per heavy atom. The molecule has 5 nitrogen and oxygen atoms in total. The molecule has 1 atom stereocenters. The van der Waals surface area contributed by atoms with E-state index in [4.69, 9.17) is 0 Å². The molecular formula is C12H16N2O3S. The minimum Gasteiger partial charge on any atom is -0.348 e. The summed E-state index contributed by atoms with van der Waals surface area (Å²) in [6, 6.07) is 6.62. The van der Waals surface area contributed by atoms with Gasteiger partial charge in [-0.15, -0.1) is 0 Å². The van der Waals surface area contributed by atoms with Gasteiger partial charge in [0.15, 0.2) is 9.84 Å². The summed E-state index contributed by atoms with van der Waals surface area (Å²) >= 11 is 0. The van der Waals surface area contributed by atoms with Crippen LogP contribution in [0.25, 0.3) is 0 Å². The van der Waals surface area contributed by atoms with Crippen molar-refractivity contribution in [3.63, 3.8) is 0 Å². The second kappa shape index (κ2) is 4.70. The number of carbonyl (C=O) groups excluding carboxylic acids is 1. The summed E-state index contributed by atoms with van der Waals surface area (Å²) < 4.78 is 23.8. The van der Waals surface area contributed by atoms with E-state index in [9.17, 15) is 13.2 Å². The van der Waals surface area contributed by atoms with Crippen LogP contribution in [0.5, 0.6) is 0 Å². The number of likely N-dealkylation sites (N-methyl/N-ethyl adjacent to an activating group) is 1. The molecule has 0 saturated carbocycles. The number of fused-ring (bicyclic) bond motifs is 1. The van der Waals surface area contributed by atoms with Gasteiger partial charge in [0.2, 0.25) is 5.91 Å². The Labute approximate surface area is 107 Å². The highest BCUT2D eigenvalue weighted by Crippen LogP contribution is 2.32. The van der Waals surface area contributed by atoms with Crippen molar-refractivity contribution in [2.24, 2.45) is 0 Å². The molecule has 18 heavy (non-hydrogen) atoms. The van der Waals surface area contributed by atoms with Crippen molar-refractivity contribution >= 4 is 15.7 Å². The van der Waals surface area contributed by atoms with Gasteiger partial charge in [0.25, 0.3) is 0 Å². The minimum absolute atomic E-state index is 0.0209. The van der Waals surface area contributed by atoms with Crippen LogP contribution < -0.4 is 5.32 Å². The quantitative estimate of drug-likeness (QED) is 0.850. The normalized spacial score (nSPS) is 20.4. The fourth-order valence-electron chi connectivity index (χ4n) is 1.99. The van der Waals surface area contributed by atoms with Crippen molar-refractivity contribution in [1.82, 2.24) is 10.2 Å². The molecule has 1 aromatic carbocycles. The highest BCUT2D eigenvalue weighted by Gasteiger charge is 2.34. The number of benzene rings is 1. The van der Waals surface area contributed by atoms with Crippen LogP contribution >= 0.6 is 0 Å². The third-order valence-corrected chi connectivity index (χ3v) is 4.83. The minimum atomic E-state index is -3.21. The zero-order chi connectivity index (χ0) is 13.3. The summed E-state index contributed by atoms with van der Waals surface area (Å²) in [5, 5.41) is 3.00. The predicted octanol–water partition coefficient (Wildman–Crippen LogP) is 0.193. The topological polar surface area (TPSA) is 66.5 Å². The van der Waals surface area contributed by atoms with Crippen molar-refractivity contribution in [2.45, 2.75) is 10.9 Å². The van der Waals surface area contributed by atoms with Crippen LogP contribution in [0.2, 0.25) is 0 Å². The van der Waals surface area contributed by atoms with E-state index in [-0.39, 0.29) is 24.2 Å². The Balaban J connectivity index is 2.16. The molecule has 6 heteroatoms. The second-order valence-corrected chi connectivity index (χ2v) is 6.54. The molecule has 0 aliphatic carbocycles. The first-order valence-corrected chi connectivity index (χ1v) is 7.32. The number of nitrogens with one attached hydrogen (secondary N) is 1. The first-order chi connectivity index (χ1) is 8.42. The summed E-state index contributed by atoms with van der Waals surface area (Å²) in [5.74, 6) is -0.0515. The first kappa shape index (κ1) is 13.0. The van der Waals surface area contributed by atoms with Crippen molar-refractivity contribution in [2.75, 3.05) is 26.4 Å². The molecule has 98 valence electrons. The molecule has 1 aliphatic rings. The monoisotopic (exact) mass is 268 g/mol. The molecule has 1 aromatic rings. The van der Waals surface area contributed by atoms with Gasteiger partial charge in [0.05, 0.1) is 17.2 Å². The maximum absolute atomic E-state index is 11.9. The third-order valence-electron chi connectivity index (χ3n) is 3.01. The van der Waals surface area contributed by atoms with E-state index in [1.54, 1.807) is 32.3 Å². The van der Waals surface area contributed by atoms with E-state index in [0.29, 0.717) is 4.90 Å². The summed E-state index contributed by atoms with van der Waals surface area (Å²) in [7, 11) is 0.130. The maximum atomic E-state index is 11.9. The van der Waals surface area contributed by atoms with Crippen molar-refractivity contribution < 1.29 is 13.2 Å². The molecule has 0 spiro atoms. The van der Waals surface area contributed by atoms with Gasteiger partial charge in [-0.1, -0.05) is 18.2 Å². The Morgan fingerprint density at radius 2 is 2.06 bits per heavy atom. The summed E-state index contributed by atoms with van der Waals surface area (Å²) in [6.07, 6.45) is 0. The van der Waals surface area contributed by atoms with Crippen molar-refractivity contribution in [1.29, 1.82) is 0 Å². The molecule has 0 radical (unpaired) electrons. The SMILES string of the molecule is CN(C)C(=O)CNC1CS(=O)(=O)c2ccccc21. The average Bonchev–Trinajstić information content (AvgIpc) is 2.59. The van der Waals surface area contributed by atoms with Crippen LogP contribution in [0.4, 0.5) is 0 Å². The van der Waals surface area contributed by atoms with Crippen LogP contribution in [0.3, 0.4) is 0 Å². The molecule has 1 unspecified atom stereocenters. The lowest BCUT2D eigenvalue weighted by molar-refractivity contribution is -0.127. The van der Waals surface area contributed by atoms with E-state index >= 15 is 0 Å². The zero-order valence-electron chi connectivity index (χ0n) is 10.4. The molecule has 0 saturated heterocycles. The predicted molar refractivity (Wildman–Crippen MR) is 67.9 cm³/mol. The number of rotatable bonds is 3. The second-order valence-electron chi connectivity index (χ2n) is 4.54. The molecule has 2 rings (SSSR count). The highest BCUT2D eigenvalue weighted by molar-refractivity contribution is 7.91. The zero-order valence-corrected chi connectivity index (χ0v) is 11.2. The third kappa shape index (κ3) is 2.39. The Bertz CT molecular complexity index is 566. The van der Waals surface area contributed by atoms with E-state index in [2.05, 4.69) is 5.32 Å². The Kier molecular flexibility index (Phi) is 3.41. The maximum Gasteiger partial charge on any atom is 0.236 e. The van der Waals surface area contributed by atoms with Gasteiger partial charge in [-0.2, -0.15) is 0 Å². The van der Waals surface area contributed by atoms with Crippen LogP contribution in [-0.4, -0.2) is 45.6 Å². The summed E-state index contributed by atoms with van der Waals surface area (Å²) in [5.41, 5.74) is 0.754. The Morgan fingerprint density at radius 3 is 2.72 bits per heavy atom. The van der Waals surface area contributed by atoms with E-state index in [1.807, 2.05) is 6.07 Å². The molecular weight excluding hydrogens is 252 g/mol. The number of hydrogen-bond donors (Lipinski definition) is 1. The van der Waals surface area contributed by atoms with Gasteiger partial charge in [0.1, 0.15) is 0 Å². The van der Waals surface area contributed by atoms with E-state index < -0.39 is 9.84 Å². The molecule has 0 aromatic heterocycles. The van der Waals surface area contributed by atoms with Gasteiger partial charge in [-0.05, 0) is 11.6 Å². The van der Waals surface area contributed by atoms with Gasteiger partial charge >= 0.3 is 0 Å². The lowest BCUT2D eigenvalue weighted by Crippen LogP contribution is -2.35.